The first-order chi connectivity index (χ1) is 25.0. The van der Waals surface area contributed by atoms with Gasteiger partial charge in [-0.2, -0.15) is 0 Å². The highest BCUT2D eigenvalue weighted by atomic mass is 16.3. The van der Waals surface area contributed by atoms with Crippen LogP contribution in [0.15, 0.2) is 180 Å². The summed E-state index contributed by atoms with van der Waals surface area (Å²) in [7, 11) is 0. The van der Waals surface area contributed by atoms with E-state index in [9.17, 15) is 0 Å². The molecule has 0 bridgehead atoms. The van der Waals surface area contributed by atoms with E-state index < -0.39 is 0 Å². The summed E-state index contributed by atoms with van der Waals surface area (Å²) >= 11 is 0. The molecule has 0 fully saturated rings. The Balaban J connectivity index is 1.27. The van der Waals surface area contributed by atoms with E-state index in [2.05, 4.69) is 195 Å². The maximum Gasteiger partial charge on any atom is 0.138 e. The summed E-state index contributed by atoms with van der Waals surface area (Å²) in [6.07, 6.45) is 0. The molecule has 242 valence electrons. The van der Waals surface area contributed by atoms with Gasteiger partial charge in [0.2, 0.25) is 0 Å². The first-order valence-electron chi connectivity index (χ1n) is 17.7. The second kappa shape index (κ2) is 11.3. The first kappa shape index (κ1) is 29.5. The second-order valence-corrected chi connectivity index (χ2v) is 14.2. The van der Waals surface area contributed by atoms with Crippen molar-refractivity contribution in [1.29, 1.82) is 0 Å². The molecular formula is C49H35NO. The van der Waals surface area contributed by atoms with Crippen LogP contribution in [0, 0.1) is 0 Å². The third-order valence-electron chi connectivity index (χ3n) is 10.8. The van der Waals surface area contributed by atoms with Crippen LogP contribution in [0.1, 0.15) is 25.0 Å². The van der Waals surface area contributed by atoms with Crippen LogP contribution in [0.5, 0.6) is 0 Å². The third kappa shape index (κ3) is 4.71. The topological polar surface area (TPSA) is 16.4 Å². The zero-order valence-corrected chi connectivity index (χ0v) is 28.6. The Labute approximate surface area is 297 Å². The monoisotopic (exact) mass is 653 g/mol. The van der Waals surface area contributed by atoms with Crippen molar-refractivity contribution >= 4 is 49.8 Å². The van der Waals surface area contributed by atoms with Crippen LogP contribution in [-0.4, -0.2) is 0 Å². The predicted octanol–water partition coefficient (Wildman–Crippen LogP) is 13.8. The Hall–Kier alpha value is -6.38. The molecule has 2 nitrogen and oxygen atoms in total. The highest BCUT2D eigenvalue weighted by Crippen LogP contribution is 2.52. The molecule has 0 radical (unpaired) electrons. The molecule has 0 unspecified atom stereocenters. The van der Waals surface area contributed by atoms with E-state index in [1.807, 2.05) is 0 Å². The number of anilines is 3. The molecule has 9 aromatic rings. The Morgan fingerprint density at radius 3 is 1.76 bits per heavy atom. The average molecular weight is 654 g/mol. The van der Waals surface area contributed by atoms with E-state index in [4.69, 9.17) is 4.42 Å². The van der Waals surface area contributed by atoms with Crippen molar-refractivity contribution in [2.24, 2.45) is 0 Å². The van der Waals surface area contributed by atoms with Crippen molar-refractivity contribution in [3.8, 4) is 33.4 Å². The second-order valence-electron chi connectivity index (χ2n) is 14.2. The maximum atomic E-state index is 6.78. The molecule has 0 spiro atoms. The quantitative estimate of drug-likeness (QED) is 0.184. The fraction of sp³-hybridized carbons (Fsp3) is 0.0612. The molecule has 1 aromatic heterocycles. The van der Waals surface area contributed by atoms with Crippen LogP contribution < -0.4 is 4.90 Å². The zero-order valence-electron chi connectivity index (χ0n) is 28.6. The molecule has 1 aliphatic rings. The summed E-state index contributed by atoms with van der Waals surface area (Å²) in [5.74, 6) is 0. The number of benzene rings is 8. The van der Waals surface area contributed by atoms with E-state index in [1.54, 1.807) is 0 Å². The molecule has 10 rings (SSSR count). The zero-order chi connectivity index (χ0) is 34.1. The average Bonchev–Trinajstić information content (AvgIpc) is 3.65. The van der Waals surface area contributed by atoms with Crippen molar-refractivity contribution in [3.63, 3.8) is 0 Å². The molecule has 0 saturated carbocycles. The molecule has 1 heterocycles. The number of furan rings is 1. The molecule has 51 heavy (non-hydrogen) atoms. The van der Waals surface area contributed by atoms with Crippen LogP contribution in [0.25, 0.3) is 66.1 Å². The molecule has 0 amide bonds. The van der Waals surface area contributed by atoms with Crippen LogP contribution in [-0.2, 0) is 5.41 Å². The summed E-state index contributed by atoms with van der Waals surface area (Å²) < 4.78 is 6.78. The fourth-order valence-corrected chi connectivity index (χ4v) is 8.24. The Morgan fingerprint density at radius 2 is 1.02 bits per heavy atom. The molecule has 8 aromatic carbocycles. The van der Waals surface area contributed by atoms with Crippen LogP contribution in [0.2, 0.25) is 0 Å². The van der Waals surface area contributed by atoms with Gasteiger partial charge in [-0.05, 0) is 104 Å². The van der Waals surface area contributed by atoms with E-state index in [0.29, 0.717) is 0 Å². The number of hydrogen-bond acceptors (Lipinski definition) is 2. The van der Waals surface area contributed by atoms with Crippen molar-refractivity contribution in [2.45, 2.75) is 19.3 Å². The molecular weight excluding hydrogens is 619 g/mol. The lowest BCUT2D eigenvalue weighted by Gasteiger charge is -2.29. The summed E-state index contributed by atoms with van der Waals surface area (Å²) in [6, 6.07) is 63.7. The van der Waals surface area contributed by atoms with Crippen LogP contribution >= 0.6 is 0 Å². The van der Waals surface area contributed by atoms with Crippen molar-refractivity contribution in [1.82, 2.24) is 0 Å². The number of rotatable bonds is 5. The number of fused-ring (bicyclic) bond motifs is 7. The highest BCUT2D eigenvalue weighted by molar-refractivity contribution is 6.17. The lowest BCUT2D eigenvalue weighted by molar-refractivity contribution is 0.660. The smallest absolute Gasteiger partial charge is 0.138 e. The molecule has 0 saturated heterocycles. The standard InChI is InChI=1S/C49H35NO/c1-49(2)43-20-12-11-19-40(43)41-26-25-39(31-44(41)49)50(38-23-21-34(22-24-38)32-13-5-3-6-14-32)45-28-37(33-15-7-4-8-16-33)30-47-48(45)42-27-35-17-9-10-18-36(35)29-46(42)51-47/h3-31H,1-2H3. The van der Waals surface area contributed by atoms with E-state index in [1.165, 1.54) is 44.2 Å². The van der Waals surface area contributed by atoms with Gasteiger partial charge in [0, 0.05) is 22.2 Å². The van der Waals surface area contributed by atoms with E-state index >= 15 is 0 Å². The minimum atomic E-state index is -0.132. The Bertz CT molecular complexity index is 2760. The third-order valence-corrected chi connectivity index (χ3v) is 10.8. The van der Waals surface area contributed by atoms with Gasteiger partial charge in [-0.3, -0.25) is 0 Å². The predicted molar refractivity (Wildman–Crippen MR) is 214 cm³/mol. The van der Waals surface area contributed by atoms with Gasteiger partial charge in [0.25, 0.3) is 0 Å². The largest absolute Gasteiger partial charge is 0.456 e. The molecule has 0 aliphatic heterocycles. The van der Waals surface area contributed by atoms with Gasteiger partial charge in [-0.15, -0.1) is 0 Å². The number of nitrogens with zero attached hydrogens (tertiary/aromatic N) is 1. The van der Waals surface area contributed by atoms with Crippen LogP contribution in [0.3, 0.4) is 0 Å². The lowest BCUT2D eigenvalue weighted by atomic mass is 9.82. The first-order valence-corrected chi connectivity index (χ1v) is 17.7. The minimum Gasteiger partial charge on any atom is -0.456 e. The van der Waals surface area contributed by atoms with Gasteiger partial charge in [0.05, 0.1) is 11.1 Å². The minimum absolute atomic E-state index is 0.132. The normalized spacial score (nSPS) is 13.1. The molecule has 2 heteroatoms. The highest BCUT2D eigenvalue weighted by Gasteiger charge is 2.36. The van der Waals surface area contributed by atoms with Gasteiger partial charge in [0.1, 0.15) is 11.2 Å². The molecule has 0 atom stereocenters. The molecule has 0 N–H and O–H groups in total. The van der Waals surface area contributed by atoms with Gasteiger partial charge in [-0.25, -0.2) is 0 Å². The number of hydrogen-bond donors (Lipinski definition) is 0. The maximum absolute atomic E-state index is 6.78. The SMILES string of the molecule is CC1(C)c2ccccc2-c2ccc(N(c3ccc(-c4ccccc4)cc3)c3cc(-c4ccccc4)cc4oc5cc6ccccc6cc5c34)cc21. The van der Waals surface area contributed by atoms with Gasteiger partial charge in [0.15, 0.2) is 0 Å². The summed E-state index contributed by atoms with van der Waals surface area (Å²) in [5, 5.41) is 4.58. The lowest BCUT2D eigenvalue weighted by Crippen LogP contribution is -2.16. The van der Waals surface area contributed by atoms with Gasteiger partial charge >= 0.3 is 0 Å². The van der Waals surface area contributed by atoms with Gasteiger partial charge in [-0.1, -0.05) is 141 Å². The fourth-order valence-electron chi connectivity index (χ4n) is 8.24. The van der Waals surface area contributed by atoms with E-state index in [-0.39, 0.29) is 5.41 Å². The van der Waals surface area contributed by atoms with E-state index in [0.717, 1.165) is 50.1 Å². The van der Waals surface area contributed by atoms with Crippen LogP contribution in [0.4, 0.5) is 17.1 Å². The van der Waals surface area contributed by atoms with Crippen molar-refractivity contribution in [2.75, 3.05) is 4.90 Å². The Kier molecular flexibility index (Phi) is 6.56. The molecule has 1 aliphatic carbocycles. The summed E-state index contributed by atoms with van der Waals surface area (Å²) in [4.78, 5) is 2.44. The summed E-state index contributed by atoms with van der Waals surface area (Å²) in [6.45, 7) is 4.70. The Morgan fingerprint density at radius 1 is 0.431 bits per heavy atom. The van der Waals surface area contributed by atoms with Gasteiger partial charge < -0.3 is 9.32 Å². The summed E-state index contributed by atoms with van der Waals surface area (Å²) in [5.41, 5.74) is 14.9. The van der Waals surface area contributed by atoms with Crippen molar-refractivity contribution < 1.29 is 4.42 Å². The van der Waals surface area contributed by atoms with Crippen molar-refractivity contribution in [3.05, 3.63) is 187 Å².